The van der Waals surface area contributed by atoms with E-state index in [9.17, 15) is 9.59 Å². The Labute approximate surface area is 160 Å². The highest BCUT2D eigenvalue weighted by atomic mass is 16.4. The minimum atomic E-state index is -1.02. The number of carboxylic acids is 2. The summed E-state index contributed by atoms with van der Waals surface area (Å²) in [5.74, 6) is -1.83. The van der Waals surface area contributed by atoms with Gasteiger partial charge in [0.05, 0.1) is 12.3 Å². The Bertz CT molecular complexity index is 354. The minimum Gasteiger partial charge on any atom is -0.481 e. The molecule has 0 amide bonds. The van der Waals surface area contributed by atoms with Crippen molar-refractivity contribution >= 4 is 11.9 Å². The van der Waals surface area contributed by atoms with E-state index >= 15 is 0 Å². The van der Waals surface area contributed by atoms with Crippen molar-refractivity contribution in [1.29, 1.82) is 0 Å². The maximum absolute atomic E-state index is 11.0. The van der Waals surface area contributed by atoms with Crippen LogP contribution in [0.1, 0.15) is 117 Å². The zero-order valence-electron chi connectivity index (χ0n) is 17.2. The van der Waals surface area contributed by atoms with E-state index < -0.39 is 17.9 Å². The monoisotopic (exact) mass is 370 g/mol. The Morgan fingerprint density at radius 2 is 1.12 bits per heavy atom. The molecule has 0 fully saturated rings. The molecular weight excluding hydrogens is 328 g/mol. The van der Waals surface area contributed by atoms with Gasteiger partial charge in [0.1, 0.15) is 0 Å². The maximum atomic E-state index is 11.0. The van der Waals surface area contributed by atoms with Crippen LogP contribution < -0.4 is 0 Å². The van der Waals surface area contributed by atoms with Gasteiger partial charge in [0.25, 0.3) is 0 Å². The van der Waals surface area contributed by atoms with Gasteiger partial charge in [-0.3, -0.25) is 9.59 Å². The number of carbonyl (C=O) groups is 2. The van der Waals surface area contributed by atoms with Gasteiger partial charge in [0.15, 0.2) is 0 Å². The molecule has 4 heteroatoms. The maximum Gasteiger partial charge on any atom is 0.307 e. The topological polar surface area (TPSA) is 74.6 Å². The first-order chi connectivity index (χ1) is 12.5. The Kier molecular flexibility index (Phi) is 16.7. The predicted molar refractivity (Wildman–Crippen MR) is 107 cm³/mol. The Hall–Kier alpha value is -1.06. The van der Waals surface area contributed by atoms with Crippen molar-refractivity contribution in [2.24, 2.45) is 11.8 Å². The Balaban J connectivity index is 3.33. The molecule has 0 radical (unpaired) electrons. The smallest absolute Gasteiger partial charge is 0.307 e. The fourth-order valence-electron chi connectivity index (χ4n) is 3.64. The zero-order valence-corrected chi connectivity index (χ0v) is 17.2. The molecule has 0 spiro atoms. The number of unbranched alkanes of at least 4 members (excludes halogenated alkanes) is 10. The van der Waals surface area contributed by atoms with Crippen LogP contribution in [-0.2, 0) is 9.59 Å². The van der Waals surface area contributed by atoms with Gasteiger partial charge >= 0.3 is 11.9 Å². The van der Waals surface area contributed by atoms with Crippen molar-refractivity contribution in [3.8, 4) is 0 Å². The predicted octanol–water partition coefficient (Wildman–Crippen LogP) is 6.67. The lowest BCUT2D eigenvalue weighted by Gasteiger charge is -2.09. The summed E-state index contributed by atoms with van der Waals surface area (Å²) in [5, 5.41) is 17.7. The average molecular weight is 371 g/mol. The molecular formula is C22H42O4. The molecule has 2 N–H and O–H groups in total. The van der Waals surface area contributed by atoms with Crippen molar-refractivity contribution in [2.45, 2.75) is 117 Å². The lowest BCUT2D eigenvalue weighted by Crippen LogP contribution is -2.17. The fraction of sp³-hybridized carbons (Fsp3) is 0.909. The van der Waals surface area contributed by atoms with Gasteiger partial charge in [0, 0.05) is 0 Å². The average Bonchev–Trinajstić information content (AvgIpc) is 2.57. The molecule has 0 aliphatic rings. The first kappa shape index (κ1) is 24.9. The summed E-state index contributed by atoms with van der Waals surface area (Å²) in [5.41, 5.74) is 0. The summed E-state index contributed by atoms with van der Waals surface area (Å²) < 4.78 is 0. The standard InChI is InChI=1S/C22H42O4/c1-3-15-19(2)16-13-11-9-7-5-4-6-8-10-12-14-17-20(22(25)26)18-21(23)24/h19-20H,3-18H2,1-2H3,(H,23,24)(H,25,26). The number of hydrogen-bond acceptors (Lipinski definition) is 2. The van der Waals surface area contributed by atoms with Gasteiger partial charge in [-0.25, -0.2) is 0 Å². The molecule has 0 rings (SSSR count). The molecule has 0 aromatic rings. The molecule has 0 saturated heterocycles. The van der Waals surface area contributed by atoms with Crippen LogP contribution in [0.25, 0.3) is 0 Å². The molecule has 0 aliphatic carbocycles. The van der Waals surface area contributed by atoms with E-state index in [1.54, 1.807) is 0 Å². The van der Waals surface area contributed by atoms with Crippen molar-refractivity contribution < 1.29 is 19.8 Å². The number of hydrogen-bond donors (Lipinski definition) is 2. The highest BCUT2D eigenvalue weighted by molar-refractivity contribution is 5.77. The van der Waals surface area contributed by atoms with Gasteiger partial charge < -0.3 is 10.2 Å². The lowest BCUT2D eigenvalue weighted by molar-refractivity contribution is -0.148. The number of aliphatic carboxylic acids is 2. The van der Waals surface area contributed by atoms with Crippen molar-refractivity contribution in [3.63, 3.8) is 0 Å². The van der Waals surface area contributed by atoms with E-state index in [0.29, 0.717) is 6.42 Å². The zero-order chi connectivity index (χ0) is 19.6. The summed E-state index contributed by atoms with van der Waals surface area (Å²) >= 11 is 0. The van der Waals surface area contributed by atoms with E-state index in [2.05, 4.69) is 13.8 Å². The van der Waals surface area contributed by atoms with Crippen molar-refractivity contribution in [1.82, 2.24) is 0 Å². The highest BCUT2D eigenvalue weighted by Gasteiger charge is 2.20. The first-order valence-electron chi connectivity index (χ1n) is 10.9. The molecule has 0 heterocycles. The summed E-state index contributed by atoms with van der Waals surface area (Å²) in [7, 11) is 0. The third-order valence-electron chi connectivity index (χ3n) is 5.30. The van der Waals surface area contributed by atoms with Crippen LogP contribution in [-0.4, -0.2) is 22.2 Å². The van der Waals surface area contributed by atoms with Crippen LogP contribution in [0.4, 0.5) is 0 Å². The second-order valence-electron chi connectivity index (χ2n) is 7.99. The van der Waals surface area contributed by atoms with Crippen LogP contribution in [0.5, 0.6) is 0 Å². The molecule has 0 aromatic heterocycles. The molecule has 26 heavy (non-hydrogen) atoms. The van der Waals surface area contributed by atoms with Gasteiger partial charge in [-0.2, -0.15) is 0 Å². The fourth-order valence-corrected chi connectivity index (χ4v) is 3.64. The number of rotatable bonds is 19. The number of carboxylic acid groups (broad SMARTS) is 2. The van der Waals surface area contributed by atoms with Gasteiger partial charge in [-0.15, -0.1) is 0 Å². The normalized spacial score (nSPS) is 13.5. The van der Waals surface area contributed by atoms with Crippen molar-refractivity contribution in [2.75, 3.05) is 0 Å². The molecule has 154 valence electrons. The molecule has 0 aromatic carbocycles. The largest absolute Gasteiger partial charge is 0.481 e. The van der Waals surface area contributed by atoms with Crippen molar-refractivity contribution in [3.05, 3.63) is 0 Å². The van der Waals surface area contributed by atoms with Gasteiger partial charge in [-0.1, -0.05) is 104 Å². The second-order valence-corrected chi connectivity index (χ2v) is 7.99. The SMILES string of the molecule is CCCC(C)CCCCCCCCCCCCCC(CC(=O)O)C(=O)O. The molecule has 0 bridgehead atoms. The van der Waals surface area contributed by atoms with Gasteiger partial charge in [-0.05, 0) is 12.3 Å². The first-order valence-corrected chi connectivity index (χ1v) is 10.9. The minimum absolute atomic E-state index is 0.257. The van der Waals surface area contributed by atoms with Crippen LogP contribution in [0, 0.1) is 11.8 Å². The van der Waals surface area contributed by atoms with E-state index in [-0.39, 0.29) is 6.42 Å². The Morgan fingerprint density at radius 1 is 0.692 bits per heavy atom. The van der Waals surface area contributed by atoms with Crippen LogP contribution in [0.15, 0.2) is 0 Å². The lowest BCUT2D eigenvalue weighted by atomic mass is 9.97. The molecule has 4 nitrogen and oxygen atoms in total. The summed E-state index contributed by atoms with van der Waals surface area (Å²) in [4.78, 5) is 21.6. The van der Waals surface area contributed by atoms with Crippen LogP contribution in [0.3, 0.4) is 0 Å². The van der Waals surface area contributed by atoms with Crippen LogP contribution >= 0.6 is 0 Å². The van der Waals surface area contributed by atoms with E-state index in [1.807, 2.05) is 0 Å². The molecule has 2 unspecified atom stereocenters. The third-order valence-corrected chi connectivity index (χ3v) is 5.30. The summed E-state index contributed by atoms with van der Waals surface area (Å²) in [6.07, 6.45) is 17.9. The summed E-state index contributed by atoms with van der Waals surface area (Å²) in [6, 6.07) is 0. The van der Waals surface area contributed by atoms with Gasteiger partial charge in [0.2, 0.25) is 0 Å². The van der Waals surface area contributed by atoms with E-state index in [1.165, 1.54) is 70.6 Å². The summed E-state index contributed by atoms with van der Waals surface area (Å²) in [6.45, 7) is 4.64. The second kappa shape index (κ2) is 17.4. The molecule has 2 atom stereocenters. The third kappa shape index (κ3) is 16.4. The Morgan fingerprint density at radius 3 is 1.50 bits per heavy atom. The molecule has 0 saturated carbocycles. The quantitative estimate of drug-likeness (QED) is 0.249. The highest BCUT2D eigenvalue weighted by Crippen LogP contribution is 2.18. The van der Waals surface area contributed by atoms with E-state index in [0.717, 1.165) is 25.2 Å². The van der Waals surface area contributed by atoms with E-state index in [4.69, 9.17) is 10.2 Å². The van der Waals surface area contributed by atoms with Crippen LogP contribution in [0.2, 0.25) is 0 Å². The molecule has 0 aliphatic heterocycles.